The summed E-state index contributed by atoms with van der Waals surface area (Å²) >= 11 is 0. The first-order valence-corrected chi connectivity index (χ1v) is 19.2. The summed E-state index contributed by atoms with van der Waals surface area (Å²) in [6.45, 7) is 18.5. The molecule has 12 heteroatoms. The lowest BCUT2D eigenvalue weighted by molar-refractivity contribution is -0.0905. The molecule has 288 valence electrons. The molecule has 10 nitrogen and oxygen atoms in total. The fourth-order valence-corrected chi connectivity index (χ4v) is 7.03. The van der Waals surface area contributed by atoms with E-state index in [9.17, 15) is 4.39 Å². The number of alkyl halides is 1. The summed E-state index contributed by atoms with van der Waals surface area (Å²) in [4.78, 5) is 11.1. The van der Waals surface area contributed by atoms with Crippen LogP contribution in [0.5, 0.6) is 0 Å². The first-order chi connectivity index (χ1) is 25.7. The molecule has 1 aliphatic carbocycles. The van der Waals surface area contributed by atoms with Crippen molar-refractivity contribution in [1.29, 1.82) is 0 Å². The first-order valence-electron chi connectivity index (χ1n) is 19.2. The zero-order valence-electron chi connectivity index (χ0n) is 32.0. The van der Waals surface area contributed by atoms with Crippen molar-refractivity contribution in [2.75, 3.05) is 55.7 Å². The van der Waals surface area contributed by atoms with Gasteiger partial charge in [0.15, 0.2) is 6.29 Å². The molecular weight excluding hydrogens is 675 g/mol. The van der Waals surface area contributed by atoms with Crippen LogP contribution in [0.1, 0.15) is 66.2 Å². The molecule has 1 aromatic carbocycles. The maximum atomic E-state index is 15.1. The largest absolute Gasteiger partial charge is 0.368 e. The van der Waals surface area contributed by atoms with Gasteiger partial charge in [0, 0.05) is 74.5 Å². The van der Waals surface area contributed by atoms with E-state index in [2.05, 4.69) is 107 Å². The van der Waals surface area contributed by atoms with Crippen LogP contribution in [-0.4, -0.2) is 94.9 Å². The van der Waals surface area contributed by atoms with E-state index < -0.39 is 23.9 Å². The molecule has 2 aromatic rings. The smallest absolute Gasteiger partial charge is 0.159 e. The molecule has 0 bridgehead atoms. The number of piperazine rings is 1. The molecular formula is C41H58F2N8O2. The van der Waals surface area contributed by atoms with Crippen molar-refractivity contribution in [1.82, 2.24) is 24.7 Å². The van der Waals surface area contributed by atoms with Crippen molar-refractivity contribution < 1.29 is 18.3 Å². The summed E-state index contributed by atoms with van der Waals surface area (Å²) in [5.74, 6) is 0.0314. The highest BCUT2D eigenvalue weighted by Gasteiger charge is 2.48. The molecule has 2 fully saturated rings. The summed E-state index contributed by atoms with van der Waals surface area (Å²) in [5, 5.41) is 10.7. The molecule has 3 atom stereocenters. The maximum absolute atomic E-state index is 15.1. The van der Waals surface area contributed by atoms with Crippen molar-refractivity contribution in [2.24, 2.45) is 11.0 Å². The number of benzene rings is 1. The molecule has 2 saturated heterocycles. The number of ether oxygens (including phenoxy) is 2. The average Bonchev–Trinajstić information content (AvgIpc) is 3.83. The lowest BCUT2D eigenvalue weighted by Gasteiger charge is -2.38. The third-order valence-corrected chi connectivity index (χ3v) is 9.82. The Morgan fingerprint density at radius 2 is 1.92 bits per heavy atom. The lowest BCUT2D eigenvalue weighted by Crippen LogP contribution is -2.45. The Morgan fingerprint density at radius 3 is 2.58 bits per heavy atom. The fourth-order valence-electron chi connectivity index (χ4n) is 7.03. The summed E-state index contributed by atoms with van der Waals surface area (Å²) in [6.07, 6.45) is 18.6. The van der Waals surface area contributed by atoms with Gasteiger partial charge in [0.25, 0.3) is 0 Å². The van der Waals surface area contributed by atoms with E-state index in [1.165, 1.54) is 29.9 Å². The first kappa shape index (κ1) is 39.9. The van der Waals surface area contributed by atoms with Crippen LogP contribution in [0.25, 0.3) is 0 Å². The van der Waals surface area contributed by atoms with Gasteiger partial charge >= 0.3 is 0 Å². The Bertz CT molecular complexity index is 1580. The standard InChI is InChI=1S/C41H58F2N8O2/c1-6-13-35(48-22-24-49(25-23-48)37-19-17-36(18-20-37)47(7-2)32-46-50(8-3)27-33(4)5)14-11-9-10-12-15-40-52-29-41(53-40,28-51-31-44-30-45-51)38-21-16-34(42)26-39(38)43/h8,11,13-14,16-21,30-33,39-40H,3,6-7,9-10,12,15,22-29H2,1-2,4-5H3/b14-11-,35-13+,46-32-/t39?,40-,41?/m0/s1. The predicted molar refractivity (Wildman–Crippen MR) is 210 cm³/mol. The normalized spacial score (nSPS) is 22.6. The van der Waals surface area contributed by atoms with E-state index in [4.69, 9.17) is 9.47 Å². The second-order valence-corrected chi connectivity index (χ2v) is 14.3. The molecule has 2 aliphatic heterocycles. The van der Waals surface area contributed by atoms with E-state index in [1.807, 2.05) is 11.3 Å². The van der Waals surface area contributed by atoms with Gasteiger partial charge in [0.1, 0.15) is 36.6 Å². The van der Waals surface area contributed by atoms with Gasteiger partial charge in [-0.25, -0.2) is 18.4 Å². The topological polar surface area (TPSA) is 74.5 Å². The van der Waals surface area contributed by atoms with Crippen LogP contribution in [-0.2, 0) is 16.0 Å². The Balaban J connectivity index is 1.07. The van der Waals surface area contributed by atoms with Crippen molar-refractivity contribution in [3.8, 4) is 0 Å². The molecule has 0 amide bonds. The van der Waals surface area contributed by atoms with Crippen molar-refractivity contribution in [2.45, 2.75) is 90.8 Å². The Kier molecular flexibility index (Phi) is 14.8. The molecule has 0 spiro atoms. The number of unbranched alkanes of at least 4 members (excludes halogenated alkanes) is 2. The SMILES string of the molecule is C=CN(CC(C)C)/N=C\N(CC)c1ccc(N2CCN(C(/C=C\CCCC[C@H]3OCC(Cn4cncn4)(C4=CC=C(F)CC4F)O3)=C/CC)CC2)cc1. The van der Waals surface area contributed by atoms with Crippen LogP contribution in [0.2, 0.25) is 0 Å². The molecule has 3 heterocycles. The van der Waals surface area contributed by atoms with Gasteiger partial charge in [0.2, 0.25) is 0 Å². The Labute approximate surface area is 314 Å². The van der Waals surface area contributed by atoms with Gasteiger partial charge in [-0.15, -0.1) is 0 Å². The molecule has 0 saturated carbocycles. The molecule has 0 N–H and O–H groups in total. The van der Waals surface area contributed by atoms with Crippen LogP contribution in [0.15, 0.2) is 102 Å². The molecule has 3 aliphatic rings. The quantitative estimate of drug-likeness (QED) is 0.0473. The van der Waals surface area contributed by atoms with E-state index in [0.29, 0.717) is 17.9 Å². The highest BCUT2D eigenvalue weighted by molar-refractivity contribution is 5.79. The van der Waals surface area contributed by atoms with Crippen molar-refractivity contribution >= 4 is 17.7 Å². The number of anilines is 2. The summed E-state index contributed by atoms with van der Waals surface area (Å²) in [5.41, 5.74) is 2.98. The van der Waals surface area contributed by atoms with E-state index >= 15 is 4.39 Å². The number of hydrogen-bond donors (Lipinski definition) is 0. The van der Waals surface area contributed by atoms with Gasteiger partial charge in [0.05, 0.1) is 13.2 Å². The Hall–Kier alpha value is -4.29. The predicted octanol–water partition coefficient (Wildman–Crippen LogP) is 8.02. The minimum atomic E-state index is -1.47. The molecule has 5 rings (SSSR count). The van der Waals surface area contributed by atoms with Crippen molar-refractivity contribution in [3.63, 3.8) is 0 Å². The number of hydrazone groups is 1. The van der Waals surface area contributed by atoms with Crippen LogP contribution in [0.3, 0.4) is 0 Å². The zero-order valence-corrected chi connectivity index (χ0v) is 32.0. The van der Waals surface area contributed by atoms with Gasteiger partial charge in [-0.05, 0) is 81.4 Å². The van der Waals surface area contributed by atoms with E-state index in [0.717, 1.165) is 70.6 Å². The van der Waals surface area contributed by atoms with E-state index in [-0.39, 0.29) is 19.6 Å². The lowest BCUT2D eigenvalue weighted by atomic mass is 9.86. The molecule has 1 aromatic heterocycles. The van der Waals surface area contributed by atoms with Gasteiger partial charge in [-0.2, -0.15) is 10.2 Å². The van der Waals surface area contributed by atoms with E-state index in [1.54, 1.807) is 17.2 Å². The van der Waals surface area contributed by atoms with Crippen molar-refractivity contribution in [3.05, 3.63) is 97.2 Å². The second kappa shape index (κ2) is 19.7. The number of nitrogens with zero attached hydrogens (tertiary/aromatic N) is 8. The number of halogens is 2. The summed E-state index contributed by atoms with van der Waals surface area (Å²) in [7, 11) is 0. The van der Waals surface area contributed by atoms with Gasteiger partial charge < -0.3 is 24.2 Å². The number of rotatable bonds is 19. The number of allylic oxidation sites excluding steroid dienone is 6. The molecule has 53 heavy (non-hydrogen) atoms. The minimum Gasteiger partial charge on any atom is -0.368 e. The van der Waals surface area contributed by atoms with Crippen LogP contribution >= 0.6 is 0 Å². The van der Waals surface area contributed by atoms with Gasteiger partial charge in [-0.3, -0.25) is 5.01 Å². The molecule has 0 radical (unpaired) electrons. The third kappa shape index (κ3) is 11.1. The number of aromatic nitrogens is 3. The fraction of sp³-hybridized carbons (Fsp3) is 0.537. The minimum absolute atomic E-state index is 0.184. The highest BCUT2D eigenvalue weighted by atomic mass is 19.1. The van der Waals surface area contributed by atoms with Crippen LogP contribution in [0.4, 0.5) is 20.2 Å². The average molecular weight is 733 g/mol. The van der Waals surface area contributed by atoms with Gasteiger partial charge in [-0.1, -0.05) is 45.6 Å². The maximum Gasteiger partial charge on any atom is 0.159 e. The summed E-state index contributed by atoms with van der Waals surface area (Å²) in [6, 6.07) is 8.78. The third-order valence-electron chi connectivity index (χ3n) is 9.82. The number of hydrogen-bond acceptors (Lipinski definition) is 8. The monoisotopic (exact) mass is 732 g/mol. The van der Waals surface area contributed by atoms with Crippen LogP contribution in [0, 0.1) is 5.92 Å². The second-order valence-electron chi connectivity index (χ2n) is 14.3. The van der Waals surface area contributed by atoms with Crippen LogP contribution < -0.4 is 9.80 Å². The summed E-state index contributed by atoms with van der Waals surface area (Å²) < 4.78 is 42.9. The Morgan fingerprint density at radius 1 is 1.13 bits per heavy atom. The zero-order chi connectivity index (χ0) is 37.6. The molecule has 2 unspecified atom stereocenters. The highest BCUT2D eigenvalue weighted by Crippen LogP contribution is 2.40.